The van der Waals surface area contributed by atoms with Gasteiger partial charge in [-0.2, -0.15) is 17.9 Å². The molecule has 1 heterocycles. The van der Waals surface area contributed by atoms with Crippen LogP contribution in [0.4, 0.5) is 13.2 Å². The molecule has 0 aromatic heterocycles. The molecule has 2 atom stereocenters. The third-order valence-electron chi connectivity index (χ3n) is 3.89. The number of hydrogen-bond donors (Lipinski definition) is 3. The summed E-state index contributed by atoms with van der Waals surface area (Å²) in [6.07, 6.45) is -2.92. The van der Waals surface area contributed by atoms with E-state index < -0.39 is 38.6 Å². The lowest BCUT2D eigenvalue weighted by atomic mass is 10.2. The summed E-state index contributed by atoms with van der Waals surface area (Å²) in [5.41, 5.74) is -1.27. The van der Waals surface area contributed by atoms with Crippen LogP contribution in [0.3, 0.4) is 0 Å². The Labute approximate surface area is 144 Å². The molecule has 1 aliphatic heterocycles. The number of amides is 1. The van der Waals surface area contributed by atoms with E-state index in [4.69, 9.17) is 0 Å². The van der Waals surface area contributed by atoms with Crippen molar-refractivity contribution in [1.82, 2.24) is 15.4 Å². The lowest BCUT2D eigenvalue weighted by Gasteiger charge is -2.18. The van der Waals surface area contributed by atoms with Crippen molar-refractivity contribution < 1.29 is 26.4 Å². The highest BCUT2D eigenvalue weighted by Gasteiger charge is 2.37. The molecule has 0 saturated carbocycles. The first-order valence-electron chi connectivity index (χ1n) is 7.81. The van der Waals surface area contributed by atoms with Crippen LogP contribution in [0.15, 0.2) is 29.2 Å². The molecule has 6 nitrogen and oxygen atoms in total. The highest BCUT2D eigenvalue weighted by molar-refractivity contribution is 7.89. The lowest BCUT2D eigenvalue weighted by molar-refractivity contribution is -0.139. The summed E-state index contributed by atoms with van der Waals surface area (Å²) in [7, 11) is -4.50. The highest BCUT2D eigenvalue weighted by Crippen LogP contribution is 2.33. The predicted octanol–water partition coefficient (Wildman–Crippen LogP) is 1.24. The van der Waals surface area contributed by atoms with Crippen molar-refractivity contribution in [3.8, 4) is 0 Å². The van der Waals surface area contributed by atoms with Gasteiger partial charge in [-0.05, 0) is 38.4 Å². The van der Waals surface area contributed by atoms with E-state index in [2.05, 4.69) is 10.6 Å². The Morgan fingerprint density at radius 3 is 2.64 bits per heavy atom. The summed E-state index contributed by atoms with van der Waals surface area (Å²) in [4.78, 5) is 11.1. The molecule has 3 N–H and O–H groups in total. The average molecular weight is 379 g/mol. The molecule has 0 spiro atoms. The predicted molar refractivity (Wildman–Crippen MR) is 85.3 cm³/mol. The van der Waals surface area contributed by atoms with Crippen LogP contribution in [0.25, 0.3) is 0 Å². The van der Waals surface area contributed by atoms with E-state index in [0.717, 1.165) is 31.5 Å². The first-order valence-corrected chi connectivity index (χ1v) is 9.29. The van der Waals surface area contributed by atoms with Crippen LogP contribution in [0, 0.1) is 0 Å². The quantitative estimate of drug-likeness (QED) is 0.694. The number of carbonyl (C=O) groups is 1. The molecule has 1 fully saturated rings. The second kappa shape index (κ2) is 7.71. The summed E-state index contributed by atoms with van der Waals surface area (Å²) in [5.74, 6) is -0.596. The zero-order chi connectivity index (χ0) is 18.7. The SMILES string of the molecule is CC(NS(=O)(=O)c1ccccc1C(F)(F)F)C(=O)NCC1CCCN1. The van der Waals surface area contributed by atoms with E-state index in [1.165, 1.54) is 13.0 Å². The molecular formula is C15H20F3N3O3S. The molecule has 1 amide bonds. The van der Waals surface area contributed by atoms with Crippen molar-refractivity contribution >= 4 is 15.9 Å². The van der Waals surface area contributed by atoms with Gasteiger partial charge in [-0.3, -0.25) is 4.79 Å². The fraction of sp³-hybridized carbons (Fsp3) is 0.533. The third-order valence-corrected chi connectivity index (χ3v) is 5.49. The molecule has 1 aromatic carbocycles. The molecule has 0 aliphatic carbocycles. The van der Waals surface area contributed by atoms with Gasteiger partial charge < -0.3 is 10.6 Å². The Balaban J connectivity index is 2.06. The van der Waals surface area contributed by atoms with E-state index in [1.807, 2.05) is 4.72 Å². The van der Waals surface area contributed by atoms with Gasteiger partial charge in [0.2, 0.25) is 15.9 Å². The molecule has 2 rings (SSSR count). The number of halogens is 3. The summed E-state index contributed by atoms with van der Waals surface area (Å²) in [6.45, 7) is 2.48. The Hall–Kier alpha value is -1.65. The Morgan fingerprint density at radius 2 is 2.04 bits per heavy atom. The van der Waals surface area contributed by atoms with Crippen LogP contribution in [0.1, 0.15) is 25.3 Å². The molecule has 0 bridgehead atoms. The van der Waals surface area contributed by atoms with Gasteiger partial charge in [-0.15, -0.1) is 0 Å². The maximum absolute atomic E-state index is 13.0. The molecule has 140 valence electrons. The van der Waals surface area contributed by atoms with Gasteiger partial charge in [0.25, 0.3) is 0 Å². The number of benzene rings is 1. The highest BCUT2D eigenvalue weighted by atomic mass is 32.2. The Morgan fingerprint density at radius 1 is 1.36 bits per heavy atom. The standard InChI is InChI=1S/C15H20F3N3O3S/c1-10(14(22)20-9-11-5-4-8-19-11)21-25(23,24)13-7-3-2-6-12(13)15(16,17)18/h2-3,6-7,10-11,19,21H,4-5,8-9H2,1H3,(H,20,22). The van der Waals surface area contributed by atoms with E-state index in [1.54, 1.807) is 0 Å². The number of carbonyl (C=O) groups excluding carboxylic acids is 1. The van der Waals surface area contributed by atoms with E-state index in [-0.39, 0.29) is 6.04 Å². The van der Waals surface area contributed by atoms with Crippen molar-refractivity contribution in [2.75, 3.05) is 13.1 Å². The van der Waals surface area contributed by atoms with Crippen molar-refractivity contribution in [3.63, 3.8) is 0 Å². The number of sulfonamides is 1. The Bertz CT molecular complexity index is 716. The lowest BCUT2D eigenvalue weighted by Crippen LogP contribution is -2.47. The molecule has 1 saturated heterocycles. The maximum atomic E-state index is 13.0. The minimum absolute atomic E-state index is 0.124. The van der Waals surface area contributed by atoms with Crippen molar-refractivity contribution in [2.24, 2.45) is 0 Å². The topological polar surface area (TPSA) is 87.3 Å². The molecular weight excluding hydrogens is 359 g/mol. The van der Waals surface area contributed by atoms with Gasteiger partial charge in [0.05, 0.1) is 16.5 Å². The smallest absolute Gasteiger partial charge is 0.353 e. The second-order valence-corrected chi connectivity index (χ2v) is 7.56. The van der Waals surface area contributed by atoms with Gasteiger partial charge in [0, 0.05) is 12.6 Å². The minimum atomic E-state index is -4.81. The van der Waals surface area contributed by atoms with Gasteiger partial charge >= 0.3 is 6.18 Å². The van der Waals surface area contributed by atoms with Crippen LogP contribution in [-0.4, -0.2) is 39.5 Å². The van der Waals surface area contributed by atoms with Crippen molar-refractivity contribution in [3.05, 3.63) is 29.8 Å². The second-order valence-electron chi connectivity index (χ2n) is 5.88. The van der Waals surface area contributed by atoms with Crippen LogP contribution in [0.5, 0.6) is 0 Å². The number of hydrogen-bond acceptors (Lipinski definition) is 4. The van der Waals surface area contributed by atoms with Crippen LogP contribution >= 0.6 is 0 Å². The molecule has 1 aliphatic rings. The van der Waals surface area contributed by atoms with Crippen LogP contribution < -0.4 is 15.4 Å². The molecule has 0 radical (unpaired) electrons. The first-order chi connectivity index (χ1) is 11.6. The molecule has 1 aromatic rings. The summed E-state index contributed by atoms with van der Waals surface area (Å²) in [6, 6.07) is 2.77. The monoisotopic (exact) mass is 379 g/mol. The van der Waals surface area contributed by atoms with Gasteiger partial charge in [-0.1, -0.05) is 12.1 Å². The Kier molecular flexibility index (Phi) is 6.07. The van der Waals surface area contributed by atoms with Gasteiger partial charge in [0.1, 0.15) is 0 Å². The van der Waals surface area contributed by atoms with E-state index in [9.17, 15) is 26.4 Å². The zero-order valence-electron chi connectivity index (χ0n) is 13.6. The largest absolute Gasteiger partial charge is 0.417 e. The third kappa shape index (κ3) is 5.16. The zero-order valence-corrected chi connectivity index (χ0v) is 14.4. The number of alkyl halides is 3. The molecule has 25 heavy (non-hydrogen) atoms. The minimum Gasteiger partial charge on any atom is -0.353 e. The molecule has 2 unspecified atom stereocenters. The average Bonchev–Trinajstić information content (AvgIpc) is 3.04. The van der Waals surface area contributed by atoms with Gasteiger partial charge in [0.15, 0.2) is 0 Å². The van der Waals surface area contributed by atoms with Crippen molar-refractivity contribution in [1.29, 1.82) is 0 Å². The normalized spacial score (nSPS) is 19.6. The van der Waals surface area contributed by atoms with Crippen LogP contribution in [0.2, 0.25) is 0 Å². The van der Waals surface area contributed by atoms with Gasteiger partial charge in [-0.25, -0.2) is 8.42 Å². The first kappa shape index (κ1) is 19.7. The number of nitrogens with one attached hydrogen (secondary N) is 3. The summed E-state index contributed by atoms with van der Waals surface area (Å²) in [5, 5.41) is 5.76. The molecule has 10 heteroatoms. The maximum Gasteiger partial charge on any atom is 0.417 e. The summed E-state index contributed by atoms with van der Waals surface area (Å²) >= 11 is 0. The number of rotatable bonds is 6. The fourth-order valence-corrected chi connectivity index (χ4v) is 4.02. The van der Waals surface area contributed by atoms with Crippen molar-refractivity contribution in [2.45, 2.75) is 42.9 Å². The van der Waals surface area contributed by atoms with Crippen LogP contribution in [-0.2, 0) is 21.0 Å². The summed E-state index contributed by atoms with van der Waals surface area (Å²) < 4.78 is 65.5. The van der Waals surface area contributed by atoms with E-state index >= 15 is 0 Å². The fourth-order valence-electron chi connectivity index (χ4n) is 2.59. The van der Waals surface area contributed by atoms with E-state index in [0.29, 0.717) is 12.6 Å².